The van der Waals surface area contributed by atoms with Crippen molar-refractivity contribution in [1.29, 1.82) is 0 Å². The van der Waals surface area contributed by atoms with Crippen LogP contribution in [0.15, 0.2) is 72.8 Å². The molecule has 0 unspecified atom stereocenters. The summed E-state index contributed by atoms with van der Waals surface area (Å²) in [6, 6.07) is 22.8. The highest BCUT2D eigenvalue weighted by Crippen LogP contribution is 2.43. The van der Waals surface area contributed by atoms with E-state index >= 15 is 0 Å². The summed E-state index contributed by atoms with van der Waals surface area (Å²) in [7, 11) is 0. The normalized spacial score (nSPS) is 16.9. The van der Waals surface area contributed by atoms with Gasteiger partial charge in [-0.15, -0.1) is 0 Å². The van der Waals surface area contributed by atoms with E-state index in [1.165, 1.54) is 5.56 Å². The highest BCUT2D eigenvalue weighted by Gasteiger charge is 2.38. The van der Waals surface area contributed by atoms with Crippen molar-refractivity contribution in [1.82, 2.24) is 4.90 Å². The van der Waals surface area contributed by atoms with Crippen LogP contribution in [0.2, 0.25) is 0 Å². The molecule has 4 heteroatoms. The minimum absolute atomic E-state index is 0.0470. The first kappa shape index (κ1) is 21.5. The van der Waals surface area contributed by atoms with Gasteiger partial charge < -0.3 is 10.2 Å². The molecule has 2 N–H and O–H groups in total. The molecule has 1 heterocycles. The second-order valence-electron chi connectivity index (χ2n) is 9.18. The van der Waals surface area contributed by atoms with E-state index in [-0.39, 0.29) is 11.2 Å². The smallest absolute Gasteiger partial charge is 0.127 e. The van der Waals surface area contributed by atoms with Gasteiger partial charge in [-0.2, -0.15) is 0 Å². The summed E-state index contributed by atoms with van der Waals surface area (Å²) in [5.74, 6) is -0.469. The van der Waals surface area contributed by atoms with Gasteiger partial charge >= 0.3 is 0 Å². The van der Waals surface area contributed by atoms with E-state index < -0.39 is 11.4 Å². The molecule has 1 aliphatic heterocycles. The van der Waals surface area contributed by atoms with Crippen molar-refractivity contribution in [2.24, 2.45) is 0 Å². The maximum absolute atomic E-state index is 14.2. The molecule has 0 saturated carbocycles. The van der Waals surface area contributed by atoms with Crippen LogP contribution in [-0.2, 0) is 17.6 Å². The molecular weight excluding hydrogens is 389 g/mol. The van der Waals surface area contributed by atoms with E-state index in [4.69, 9.17) is 0 Å². The Morgan fingerprint density at radius 1 is 0.903 bits per heavy atom. The number of piperidine rings is 1. The van der Waals surface area contributed by atoms with Gasteiger partial charge in [0.1, 0.15) is 11.6 Å². The minimum atomic E-state index is -0.915. The molecule has 0 radical (unpaired) electrons. The summed E-state index contributed by atoms with van der Waals surface area (Å²) in [5.41, 5.74) is 2.72. The topological polar surface area (TPSA) is 43.7 Å². The Morgan fingerprint density at radius 3 is 2.13 bits per heavy atom. The lowest BCUT2D eigenvalue weighted by molar-refractivity contribution is 0.0785. The molecule has 4 rings (SSSR count). The summed E-state index contributed by atoms with van der Waals surface area (Å²) in [5, 5.41) is 20.4. The Labute approximate surface area is 183 Å². The van der Waals surface area contributed by atoms with Crippen LogP contribution < -0.4 is 0 Å². The van der Waals surface area contributed by atoms with Crippen LogP contribution in [0.3, 0.4) is 0 Å². The van der Waals surface area contributed by atoms with Gasteiger partial charge in [-0.1, -0.05) is 54.6 Å². The molecule has 0 amide bonds. The van der Waals surface area contributed by atoms with Crippen molar-refractivity contribution in [3.63, 3.8) is 0 Å². The van der Waals surface area contributed by atoms with Crippen LogP contribution in [0.5, 0.6) is 5.75 Å². The highest BCUT2D eigenvalue weighted by molar-refractivity contribution is 5.44. The summed E-state index contributed by atoms with van der Waals surface area (Å²) >= 11 is 0. The molecule has 0 bridgehead atoms. The van der Waals surface area contributed by atoms with Crippen LogP contribution in [0, 0.1) is 5.82 Å². The van der Waals surface area contributed by atoms with E-state index in [2.05, 4.69) is 29.2 Å². The third-order valence-electron chi connectivity index (χ3n) is 6.54. The Kier molecular flexibility index (Phi) is 5.87. The number of phenolic OH excluding ortho intramolecular Hbond substituents is 1. The molecule has 1 aliphatic rings. The fraction of sp³-hybridized carbons (Fsp3) is 0.333. The number of phenols is 1. The van der Waals surface area contributed by atoms with Crippen molar-refractivity contribution in [3.8, 4) is 5.75 Å². The molecule has 3 nitrogen and oxygen atoms in total. The number of aromatic hydroxyl groups is 1. The van der Waals surface area contributed by atoms with E-state index in [0.29, 0.717) is 0 Å². The van der Waals surface area contributed by atoms with Crippen LogP contribution in [-0.4, -0.2) is 28.2 Å². The third-order valence-corrected chi connectivity index (χ3v) is 6.54. The van der Waals surface area contributed by atoms with E-state index in [0.717, 1.165) is 55.2 Å². The number of hydrogen-bond acceptors (Lipinski definition) is 3. The lowest BCUT2D eigenvalue weighted by Crippen LogP contribution is -2.43. The van der Waals surface area contributed by atoms with Gasteiger partial charge in [0.25, 0.3) is 0 Å². The second kappa shape index (κ2) is 8.45. The van der Waals surface area contributed by atoms with Crippen LogP contribution >= 0.6 is 0 Å². The molecule has 0 atom stereocenters. The van der Waals surface area contributed by atoms with Gasteiger partial charge in [0.15, 0.2) is 0 Å². The van der Waals surface area contributed by atoms with Crippen LogP contribution in [0.4, 0.5) is 4.39 Å². The quantitative estimate of drug-likeness (QED) is 0.587. The molecule has 0 aliphatic carbocycles. The van der Waals surface area contributed by atoms with Gasteiger partial charge in [0.2, 0.25) is 0 Å². The number of halogens is 1. The largest absolute Gasteiger partial charge is 0.508 e. The molecule has 162 valence electrons. The number of likely N-dealkylation sites (tertiary alicyclic amines) is 1. The summed E-state index contributed by atoms with van der Waals surface area (Å²) in [6.45, 7) is 6.18. The zero-order valence-electron chi connectivity index (χ0n) is 18.2. The fourth-order valence-corrected chi connectivity index (χ4v) is 4.73. The molecule has 31 heavy (non-hydrogen) atoms. The minimum Gasteiger partial charge on any atom is -0.508 e. The Morgan fingerprint density at radius 2 is 1.55 bits per heavy atom. The van der Waals surface area contributed by atoms with Crippen LogP contribution in [0.25, 0.3) is 0 Å². The Balaban J connectivity index is 1.66. The lowest BCUT2D eigenvalue weighted by Gasteiger charge is -2.43. The monoisotopic (exact) mass is 419 g/mol. The van der Waals surface area contributed by atoms with Crippen molar-refractivity contribution in [2.75, 3.05) is 13.1 Å². The number of nitrogens with zero attached hydrogens (tertiary/aromatic N) is 1. The fourth-order valence-electron chi connectivity index (χ4n) is 4.73. The zero-order chi connectivity index (χ0) is 22.1. The van der Waals surface area contributed by atoms with Gasteiger partial charge in [0, 0.05) is 18.0 Å². The predicted molar refractivity (Wildman–Crippen MR) is 121 cm³/mol. The molecule has 0 aromatic heterocycles. The van der Waals surface area contributed by atoms with E-state index in [9.17, 15) is 14.6 Å². The average molecular weight is 420 g/mol. The van der Waals surface area contributed by atoms with Crippen molar-refractivity contribution >= 4 is 0 Å². The standard InChI is InChI=1S/C27H30FNO2/c1-26(2,31)21-8-10-22(11-9-21)27(23-16-24(28)18-25(30)17-23)12-14-29(15-13-27)19-20-6-4-3-5-7-20/h3-11,16-18,30-31H,12-15,19H2,1-2H3. The third kappa shape index (κ3) is 4.65. The maximum Gasteiger partial charge on any atom is 0.127 e. The highest BCUT2D eigenvalue weighted by atomic mass is 19.1. The van der Waals surface area contributed by atoms with Crippen molar-refractivity contribution < 1.29 is 14.6 Å². The maximum atomic E-state index is 14.2. The first-order valence-electron chi connectivity index (χ1n) is 10.9. The lowest BCUT2D eigenvalue weighted by atomic mass is 9.67. The Hall–Kier alpha value is -2.69. The van der Waals surface area contributed by atoms with Crippen LogP contribution in [0.1, 0.15) is 48.9 Å². The second-order valence-corrected chi connectivity index (χ2v) is 9.18. The number of aliphatic hydroxyl groups is 1. The summed E-state index contributed by atoms with van der Waals surface area (Å²) < 4.78 is 14.2. The molecule has 1 fully saturated rings. The first-order valence-corrected chi connectivity index (χ1v) is 10.9. The van der Waals surface area contributed by atoms with E-state index in [1.807, 2.05) is 30.3 Å². The Bertz CT molecular complexity index is 997. The number of rotatable bonds is 5. The van der Waals surface area contributed by atoms with Crippen molar-refractivity contribution in [3.05, 3.63) is 101 Å². The molecule has 1 saturated heterocycles. The molecular formula is C27H30FNO2. The van der Waals surface area contributed by atoms with Crippen molar-refractivity contribution in [2.45, 2.75) is 44.2 Å². The van der Waals surface area contributed by atoms with E-state index in [1.54, 1.807) is 26.0 Å². The number of hydrogen-bond donors (Lipinski definition) is 2. The van der Waals surface area contributed by atoms with Gasteiger partial charge in [0.05, 0.1) is 5.60 Å². The SMILES string of the molecule is CC(C)(O)c1ccc(C2(c3cc(O)cc(F)c3)CCN(Cc3ccccc3)CC2)cc1. The molecule has 3 aromatic carbocycles. The van der Waals surface area contributed by atoms with Gasteiger partial charge in [-0.05, 0) is 74.2 Å². The predicted octanol–water partition coefficient (Wildman–Crippen LogP) is 5.34. The van der Waals surface area contributed by atoms with Gasteiger partial charge in [-0.3, -0.25) is 4.90 Å². The molecule has 3 aromatic rings. The average Bonchev–Trinajstić information content (AvgIpc) is 2.74. The summed E-state index contributed by atoms with van der Waals surface area (Å²) in [6.07, 6.45) is 1.65. The van der Waals surface area contributed by atoms with Gasteiger partial charge in [-0.25, -0.2) is 4.39 Å². The molecule has 0 spiro atoms. The zero-order valence-corrected chi connectivity index (χ0v) is 18.2. The number of benzene rings is 3. The summed E-state index contributed by atoms with van der Waals surface area (Å²) in [4.78, 5) is 2.43. The first-order chi connectivity index (χ1) is 14.8.